The van der Waals surface area contributed by atoms with Crippen molar-refractivity contribution in [2.45, 2.75) is 18.4 Å². The van der Waals surface area contributed by atoms with Gasteiger partial charge < -0.3 is 20.1 Å². The number of rotatable bonds is 11. The van der Waals surface area contributed by atoms with Crippen LogP contribution in [0, 0.1) is 0 Å². The molecule has 30 heavy (non-hydrogen) atoms. The molecule has 1 aromatic rings. The lowest BCUT2D eigenvalue weighted by molar-refractivity contribution is 0.0389. The number of aliphatic imine (C=N–C) groups is 1. The molecule has 1 aliphatic heterocycles. The van der Waals surface area contributed by atoms with Crippen LogP contribution in [0.25, 0.3) is 0 Å². The monoisotopic (exact) mass is 555 g/mol. The number of methoxy groups -OCH3 is 1. The molecule has 11 heteroatoms. The fourth-order valence-electron chi connectivity index (χ4n) is 2.84. The Bertz CT molecular complexity index is 742. The molecular weight excluding hydrogens is 521 g/mol. The molecule has 9 nitrogen and oxygen atoms in total. The Balaban J connectivity index is 0.00000450. The van der Waals surface area contributed by atoms with Crippen LogP contribution >= 0.6 is 24.0 Å². The standard InChI is InChI=1S/C19H33N5O4S.HI/c1-3-20-19(21-7-9-24-10-13-28-14-11-24)22-16-17-5-4-6-18(15-17)29(25,26)23-8-12-27-2;/h4-6,15,23H,3,7-14,16H2,1-2H3,(H2,20,21,22);1H. The Kier molecular flexibility index (Phi) is 13.4. The van der Waals surface area contributed by atoms with E-state index in [1.807, 2.05) is 13.0 Å². The Morgan fingerprint density at radius 1 is 1.23 bits per heavy atom. The molecule has 0 atom stereocenters. The maximum atomic E-state index is 12.4. The van der Waals surface area contributed by atoms with Crippen molar-refractivity contribution in [3.05, 3.63) is 29.8 Å². The number of nitrogens with one attached hydrogen (secondary N) is 3. The molecule has 0 saturated carbocycles. The summed E-state index contributed by atoms with van der Waals surface area (Å²) < 4.78 is 37.5. The van der Waals surface area contributed by atoms with E-state index in [1.54, 1.807) is 18.2 Å². The van der Waals surface area contributed by atoms with E-state index in [9.17, 15) is 8.42 Å². The van der Waals surface area contributed by atoms with Crippen molar-refractivity contribution < 1.29 is 17.9 Å². The second-order valence-corrected chi connectivity index (χ2v) is 8.38. The van der Waals surface area contributed by atoms with Crippen LogP contribution in [0.4, 0.5) is 0 Å². The quantitative estimate of drug-likeness (QED) is 0.159. The molecule has 0 amide bonds. The van der Waals surface area contributed by atoms with Crippen LogP contribution in [-0.2, 0) is 26.0 Å². The topological polar surface area (TPSA) is 104 Å². The summed E-state index contributed by atoms with van der Waals surface area (Å²) in [6.45, 7) is 8.89. The number of nitrogens with zero attached hydrogens (tertiary/aromatic N) is 2. The van der Waals surface area contributed by atoms with Gasteiger partial charge in [0.05, 0.1) is 31.3 Å². The summed E-state index contributed by atoms with van der Waals surface area (Å²) in [6.07, 6.45) is 0. The number of ether oxygens (including phenoxy) is 2. The first kappa shape index (κ1) is 27.0. The van der Waals surface area contributed by atoms with Crippen molar-refractivity contribution >= 4 is 40.0 Å². The molecular formula is C19H34IN5O4S. The van der Waals surface area contributed by atoms with Gasteiger partial charge in [-0.3, -0.25) is 4.90 Å². The van der Waals surface area contributed by atoms with E-state index < -0.39 is 10.0 Å². The Labute approximate surface area is 197 Å². The molecule has 0 aromatic heterocycles. The van der Waals surface area contributed by atoms with Gasteiger partial charge in [0, 0.05) is 46.4 Å². The molecule has 172 valence electrons. The zero-order chi connectivity index (χ0) is 21.0. The SMILES string of the molecule is CCNC(=NCc1cccc(S(=O)(=O)NCCOC)c1)NCCN1CCOCC1.I. The summed E-state index contributed by atoms with van der Waals surface area (Å²) in [7, 11) is -2.02. The van der Waals surface area contributed by atoms with Crippen LogP contribution in [0.1, 0.15) is 12.5 Å². The van der Waals surface area contributed by atoms with Crippen molar-refractivity contribution in [3.8, 4) is 0 Å². The first-order chi connectivity index (χ1) is 14.0. The molecule has 1 aromatic carbocycles. The lowest BCUT2D eigenvalue weighted by Crippen LogP contribution is -2.44. The molecule has 2 rings (SSSR count). The molecule has 1 saturated heterocycles. The Morgan fingerprint density at radius 2 is 2.00 bits per heavy atom. The van der Waals surface area contributed by atoms with Gasteiger partial charge in [-0.05, 0) is 24.6 Å². The zero-order valence-electron chi connectivity index (χ0n) is 17.7. The Morgan fingerprint density at radius 3 is 2.70 bits per heavy atom. The van der Waals surface area contributed by atoms with Crippen LogP contribution in [0.2, 0.25) is 0 Å². The van der Waals surface area contributed by atoms with E-state index >= 15 is 0 Å². The Hall–Kier alpha value is -0.990. The molecule has 1 fully saturated rings. The summed E-state index contributed by atoms with van der Waals surface area (Å²) in [4.78, 5) is 7.16. The van der Waals surface area contributed by atoms with Crippen LogP contribution in [-0.4, -0.2) is 85.5 Å². The highest BCUT2D eigenvalue weighted by atomic mass is 127. The molecule has 1 aliphatic rings. The van der Waals surface area contributed by atoms with E-state index in [-0.39, 0.29) is 35.4 Å². The summed E-state index contributed by atoms with van der Waals surface area (Å²) in [5.74, 6) is 0.715. The lowest BCUT2D eigenvalue weighted by atomic mass is 10.2. The third-order valence-electron chi connectivity index (χ3n) is 4.40. The molecule has 0 bridgehead atoms. The minimum atomic E-state index is -3.56. The third-order valence-corrected chi connectivity index (χ3v) is 5.85. The highest BCUT2D eigenvalue weighted by molar-refractivity contribution is 14.0. The fourth-order valence-corrected chi connectivity index (χ4v) is 3.92. The molecule has 0 radical (unpaired) electrons. The van der Waals surface area contributed by atoms with Gasteiger partial charge in [-0.25, -0.2) is 18.1 Å². The predicted molar refractivity (Wildman–Crippen MR) is 129 cm³/mol. The molecule has 0 spiro atoms. The van der Waals surface area contributed by atoms with Gasteiger partial charge in [0.15, 0.2) is 5.96 Å². The number of hydrogen-bond acceptors (Lipinski definition) is 6. The van der Waals surface area contributed by atoms with Gasteiger partial charge in [-0.15, -0.1) is 24.0 Å². The van der Waals surface area contributed by atoms with Crippen molar-refractivity contribution in [2.75, 3.05) is 66.2 Å². The second-order valence-electron chi connectivity index (χ2n) is 6.61. The largest absolute Gasteiger partial charge is 0.383 e. The zero-order valence-corrected chi connectivity index (χ0v) is 20.9. The van der Waals surface area contributed by atoms with E-state index in [2.05, 4.69) is 25.2 Å². The summed E-state index contributed by atoms with van der Waals surface area (Å²) in [5.41, 5.74) is 0.824. The van der Waals surface area contributed by atoms with E-state index in [4.69, 9.17) is 9.47 Å². The predicted octanol–water partition coefficient (Wildman–Crippen LogP) is 0.617. The van der Waals surface area contributed by atoms with Crippen molar-refractivity contribution in [1.29, 1.82) is 0 Å². The van der Waals surface area contributed by atoms with Crippen molar-refractivity contribution in [1.82, 2.24) is 20.3 Å². The number of benzene rings is 1. The second kappa shape index (κ2) is 14.9. The first-order valence-electron chi connectivity index (χ1n) is 9.95. The smallest absolute Gasteiger partial charge is 0.240 e. The summed E-state index contributed by atoms with van der Waals surface area (Å²) in [5, 5.41) is 6.55. The number of halogens is 1. The van der Waals surface area contributed by atoms with Gasteiger partial charge in [0.1, 0.15) is 0 Å². The maximum absolute atomic E-state index is 12.4. The van der Waals surface area contributed by atoms with Gasteiger partial charge in [0.25, 0.3) is 0 Å². The van der Waals surface area contributed by atoms with Crippen LogP contribution in [0.3, 0.4) is 0 Å². The maximum Gasteiger partial charge on any atom is 0.240 e. The van der Waals surface area contributed by atoms with E-state index in [0.717, 1.165) is 51.5 Å². The minimum absolute atomic E-state index is 0. The van der Waals surface area contributed by atoms with Gasteiger partial charge in [0.2, 0.25) is 10.0 Å². The number of morpholine rings is 1. The van der Waals surface area contributed by atoms with Crippen LogP contribution < -0.4 is 15.4 Å². The average molecular weight is 555 g/mol. The molecule has 0 aliphatic carbocycles. The van der Waals surface area contributed by atoms with Crippen molar-refractivity contribution in [3.63, 3.8) is 0 Å². The number of hydrogen-bond donors (Lipinski definition) is 3. The summed E-state index contributed by atoms with van der Waals surface area (Å²) in [6, 6.07) is 6.83. The van der Waals surface area contributed by atoms with Crippen molar-refractivity contribution in [2.24, 2.45) is 4.99 Å². The fraction of sp³-hybridized carbons (Fsp3) is 0.632. The number of sulfonamides is 1. The number of guanidine groups is 1. The minimum Gasteiger partial charge on any atom is -0.383 e. The molecule has 1 heterocycles. The van der Waals surface area contributed by atoms with E-state index in [0.29, 0.717) is 19.1 Å². The molecule has 3 N–H and O–H groups in total. The molecule has 0 unspecified atom stereocenters. The first-order valence-corrected chi connectivity index (χ1v) is 11.4. The van der Waals surface area contributed by atoms with Crippen LogP contribution in [0.5, 0.6) is 0 Å². The lowest BCUT2D eigenvalue weighted by Gasteiger charge is -2.26. The normalized spacial score (nSPS) is 15.5. The summed E-state index contributed by atoms with van der Waals surface area (Å²) >= 11 is 0. The van der Waals surface area contributed by atoms with E-state index in [1.165, 1.54) is 7.11 Å². The van der Waals surface area contributed by atoms with Gasteiger partial charge in [-0.2, -0.15) is 0 Å². The third kappa shape index (κ3) is 9.88. The van der Waals surface area contributed by atoms with Gasteiger partial charge in [-0.1, -0.05) is 12.1 Å². The highest BCUT2D eigenvalue weighted by Crippen LogP contribution is 2.12. The van der Waals surface area contributed by atoms with Gasteiger partial charge >= 0.3 is 0 Å². The highest BCUT2D eigenvalue weighted by Gasteiger charge is 2.14. The van der Waals surface area contributed by atoms with Crippen LogP contribution in [0.15, 0.2) is 34.2 Å². The average Bonchev–Trinajstić information content (AvgIpc) is 2.73.